The summed E-state index contributed by atoms with van der Waals surface area (Å²) in [6.07, 6.45) is 0. The van der Waals surface area contributed by atoms with Crippen LogP contribution in [0.1, 0.15) is 18.1 Å². The van der Waals surface area contributed by atoms with Gasteiger partial charge >= 0.3 is 0 Å². The molecule has 0 bridgehead atoms. The first-order valence-corrected chi connectivity index (χ1v) is 6.52. The summed E-state index contributed by atoms with van der Waals surface area (Å²) < 4.78 is 5.14. The minimum absolute atomic E-state index is 0.159. The van der Waals surface area contributed by atoms with Crippen LogP contribution in [0.25, 0.3) is 5.57 Å². The Kier molecular flexibility index (Phi) is 4.53. The van der Waals surface area contributed by atoms with E-state index in [4.69, 9.17) is 4.74 Å². The van der Waals surface area contributed by atoms with E-state index >= 15 is 0 Å². The summed E-state index contributed by atoms with van der Waals surface area (Å²) >= 11 is 0. The molecule has 3 nitrogen and oxygen atoms in total. The van der Waals surface area contributed by atoms with Crippen molar-refractivity contribution in [3.63, 3.8) is 0 Å². The predicted octanol–water partition coefficient (Wildman–Crippen LogP) is 3.61. The number of hydrogen-bond donors (Lipinski definition) is 0. The van der Waals surface area contributed by atoms with Gasteiger partial charge in [0, 0.05) is 5.57 Å². The number of rotatable bonds is 4. The Morgan fingerprint density at radius 3 is 2.05 bits per heavy atom. The molecule has 0 saturated carbocycles. The van der Waals surface area contributed by atoms with Gasteiger partial charge in [0.1, 0.15) is 17.4 Å². The smallest absolute Gasteiger partial charge is 0.170 e. The molecule has 0 unspecified atom stereocenters. The number of ether oxygens (including phenoxy) is 1. The van der Waals surface area contributed by atoms with Crippen molar-refractivity contribution < 1.29 is 9.53 Å². The molecule has 0 aliphatic carbocycles. The maximum absolute atomic E-state index is 11.8. The summed E-state index contributed by atoms with van der Waals surface area (Å²) in [6, 6.07) is 18.8. The molecule has 0 amide bonds. The van der Waals surface area contributed by atoms with Crippen LogP contribution in [0.4, 0.5) is 0 Å². The van der Waals surface area contributed by atoms with Gasteiger partial charge in [-0.25, -0.2) is 0 Å². The molecule has 0 N–H and O–H groups in total. The number of carbonyl (C=O) groups excluding carboxylic acids is 1. The zero-order valence-corrected chi connectivity index (χ0v) is 12.0. The lowest BCUT2D eigenvalue weighted by molar-refractivity contribution is -0.113. The minimum atomic E-state index is -0.243. The number of allylic oxidation sites excluding steroid dienone is 1. The Morgan fingerprint density at radius 1 is 1.00 bits per heavy atom. The van der Waals surface area contributed by atoms with E-state index in [2.05, 4.69) is 0 Å². The molecule has 2 aromatic rings. The van der Waals surface area contributed by atoms with Gasteiger partial charge < -0.3 is 4.74 Å². The predicted molar refractivity (Wildman–Crippen MR) is 81.8 cm³/mol. The largest absolute Gasteiger partial charge is 0.497 e. The first-order chi connectivity index (χ1) is 10.2. The van der Waals surface area contributed by atoms with E-state index in [1.165, 1.54) is 6.92 Å². The maximum Gasteiger partial charge on any atom is 0.170 e. The molecular formula is C18H15NO2. The molecule has 0 spiro atoms. The number of ketones is 1. The fourth-order valence-electron chi connectivity index (χ4n) is 2.13. The summed E-state index contributed by atoms with van der Waals surface area (Å²) in [5.41, 5.74) is 2.46. The fourth-order valence-corrected chi connectivity index (χ4v) is 2.13. The number of hydrogen-bond acceptors (Lipinski definition) is 3. The molecule has 21 heavy (non-hydrogen) atoms. The highest BCUT2D eigenvalue weighted by molar-refractivity contribution is 6.07. The van der Waals surface area contributed by atoms with Crippen LogP contribution in [0.15, 0.2) is 60.2 Å². The molecule has 0 radical (unpaired) electrons. The third-order valence-corrected chi connectivity index (χ3v) is 3.16. The summed E-state index contributed by atoms with van der Waals surface area (Å²) in [5, 5.41) is 9.34. The van der Waals surface area contributed by atoms with E-state index < -0.39 is 0 Å². The van der Waals surface area contributed by atoms with Crippen LogP contribution in [0.5, 0.6) is 5.75 Å². The summed E-state index contributed by atoms with van der Waals surface area (Å²) in [6.45, 7) is 1.41. The van der Waals surface area contributed by atoms with Gasteiger partial charge in [-0.3, -0.25) is 4.79 Å². The van der Waals surface area contributed by atoms with Gasteiger partial charge in [-0.05, 0) is 30.2 Å². The van der Waals surface area contributed by atoms with Gasteiger partial charge in [0.25, 0.3) is 0 Å². The maximum atomic E-state index is 11.8. The summed E-state index contributed by atoms with van der Waals surface area (Å²) in [5.74, 6) is 0.486. The Labute approximate surface area is 124 Å². The van der Waals surface area contributed by atoms with Crippen molar-refractivity contribution in [2.24, 2.45) is 0 Å². The fraction of sp³-hybridized carbons (Fsp3) is 0.111. The van der Waals surface area contributed by atoms with Crippen LogP contribution < -0.4 is 4.74 Å². The lowest BCUT2D eigenvalue weighted by atomic mass is 9.92. The summed E-state index contributed by atoms with van der Waals surface area (Å²) in [4.78, 5) is 11.8. The third-order valence-electron chi connectivity index (χ3n) is 3.16. The van der Waals surface area contributed by atoms with Crippen LogP contribution in [-0.4, -0.2) is 12.9 Å². The Hall–Kier alpha value is -2.86. The number of benzene rings is 2. The first-order valence-electron chi connectivity index (χ1n) is 6.52. The first kappa shape index (κ1) is 14.5. The molecule has 3 heteroatoms. The van der Waals surface area contributed by atoms with Crippen molar-refractivity contribution in [3.8, 4) is 11.8 Å². The number of methoxy groups -OCH3 is 1. The lowest BCUT2D eigenvalue weighted by Crippen LogP contribution is -2.01. The average Bonchev–Trinajstić information content (AvgIpc) is 2.53. The second kappa shape index (κ2) is 6.53. The van der Waals surface area contributed by atoms with Crippen LogP contribution >= 0.6 is 0 Å². The topological polar surface area (TPSA) is 50.1 Å². The molecule has 0 fully saturated rings. The number of nitrogens with zero attached hydrogens (tertiary/aromatic N) is 1. The number of Topliss-reactive ketones (excluding diaryl/α,β-unsaturated/α-hetero) is 1. The molecule has 0 heterocycles. The van der Waals surface area contributed by atoms with E-state index in [1.54, 1.807) is 7.11 Å². The van der Waals surface area contributed by atoms with Gasteiger partial charge in [-0.1, -0.05) is 42.5 Å². The normalized spacial score (nSPS) is 11.3. The zero-order chi connectivity index (χ0) is 15.2. The van der Waals surface area contributed by atoms with Crippen molar-refractivity contribution in [1.29, 1.82) is 5.26 Å². The van der Waals surface area contributed by atoms with Crippen molar-refractivity contribution in [3.05, 3.63) is 71.3 Å². The van der Waals surface area contributed by atoms with Crippen molar-refractivity contribution in [2.75, 3.05) is 7.11 Å². The van der Waals surface area contributed by atoms with Crippen LogP contribution in [0.2, 0.25) is 0 Å². The SMILES string of the molecule is COc1ccc(/C(=C(/C#N)C(C)=O)c2ccccc2)cc1. The van der Waals surface area contributed by atoms with Crippen LogP contribution in [0, 0.1) is 11.3 Å². The molecule has 0 aliphatic rings. The Balaban J connectivity index is 2.67. The molecular weight excluding hydrogens is 262 g/mol. The minimum Gasteiger partial charge on any atom is -0.497 e. The molecule has 0 aromatic heterocycles. The third kappa shape index (κ3) is 3.18. The van der Waals surface area contributed by atoms with Gasteiger partial charge in [0.15, 0.2) is 5.78 Å². The number of nitriles is 1. The van der Waals surface area contributed by atoms with Crippen molar-refractivity contribution in [2.45, 2.75) is 6.92 Å². The van der Waals surface area contributed by atoms with E-state index in [9.17, 15) is 10.1 Å². The van der Waals surface area contributed by atoms with Crippen molar-refractivity contribution >= 4 is 11.4 Å². The monoisotopic (exact) mass is 277 g/mol. The lowest BCUT2D eigenvalue weighted by Gasteiger charge is -2.11. The number of carbonyl (C=O) groups is 1. The molecule has 2 aromatic carbocycles. The molecule has 2 rings (SSSR count). The summed E-state index contributed by atoms with van der Waals surface area (Å²) in [7, 11) is 1.60. The molecule has 0 saturated heterocycles. The van der Waals surface area contributed by atoms with Gasteiger partial charge in [0.2, 0.25) is 0 Å². The average molecular weight is 277 g/mol. The van der Waals surface area contributed by atoms with Crippen molar-refractivity contribution in [1.82, 2.24) is 0 Å². The second-order valence-electron chi connectivity index (χ2n) is 4.51. The van der Waals surface area contributed by atoms with E-state index in [0.29, 0.717) is 5.57 Å². The molecule has 0 aliphatic heterocycles. The highest BCUT2D eigenvalue weighted by Crippen LogP contribution is 2.28. The van der Waals surface area contributed by atoms with Gasteiger partial charge in [0.05, 0.1) is 7.11 Å². The highest BCUT2D eigenvalue weighted by Gasteiger charge is 2.15. The highest BCUT2D eigenvalue weighted by atomic mass is 16.5. The second-order valence-corrected chi connectivity index (χ2v) is 4.51. The Morgan fingerprint density at radius 2 is 1.57 bits per heavy atom. The van der Waals surface area contributed by atoms with Crippen LogP contribution in [-0.2, 0) is 4.79 Å². The standard InChI is InChI=1S/C18H15NO2/c1-13(20)17(12-19)18(14-6-4-3-5-7-14)15-8-10-16(21-2)11-9-15/h3-11H,1-2H3/b18-17-. The quantitative estimate of drug-likeness (QED) is 0.633. The van der Waals surface area contributed by atoms with Crippen LogP contribution in [0.3, 0.4) is 0 Å². The molecule has 0 atom stereocenters. The molecule has 104 valence electrons. The van der Waals surface area contributed by atoms with Gasteiger partial charge in [-0.2, -0.15) is 5.26 Å². The van der Waals surface area contributed by atoms with E-state index in [-0.39, 0.29) is 11.4 Å². The van der Waals surface area contributed by atoms with Gasteiger partial charge in [-0.15, -0.1) is 0 Å². The zero-order valence-electron chi connectivity index (χ0n) is 12.0. The van der Waals surface area contributed by atoms with E-state index in [0.717, 1.165) is 16.9 Å². The van der Waals surface area contributed by atoms with E-state index in [1.807, 2.05) is 60.7 Å². The Bertz CT molecular complexity index is 707.